The van der Waals surface area contributed by atoms with Gasteiger partial charge in [-0.3, -0.25) is 4.99 Å². The minimum Gasteiger partial charge on any atom is -0.382 e. The maximum atomic E-state index is 13.1. The molecule has 0 saturated heterocycles. The van der Waals surface area contributed by atoms with E-state index in [2.05, 4.69) is 15.6 Å². The van der Waals surface area contributed by atoms with Gasteiger partial charge in [-0.25, -0.2) is 4.39 Å². The third kappa shape index (κ3) is 9.86. The number of aliphatic imine (C=N–C) groups is 1. The molecule has 0 fully saturated rings. The highest BCUT2D eigenvalue weighted by molar-refractivity contribution is 5.79. The Kier molecular flexibility index (Phi) is 10.8. The number of nitrogens with one attached hydrogen (secondary N) is 2. The summed E-state index contributed by atoms with van der Waals surface area (Å²) in [5, 5.41) is 6.49. The van der Waals surface area contributed by atoms with Gasteiger partial charge < -0.3 is 20.1 Å². The molecule has 1 rings (SSSR count). The van der Waals surface area contributed by atoms with Crippen LogP contribution in [0.5, 0.6) is 0 Å². The number of hydrogen-bond acceptors (Lipinski definition) is 3. The van der Waals surface area contributed by atoms with Crippen molar-refractivity contribution in [3.05, 3.63) is 35.6 Å². The molecule has 0 spiro atoms. The van der Waals surface area contributed by atoms with Gasteiger partial charge in [0.25, 0.3) is 0 Å². The van der Waals surface area contributed by atoms with Gasteiger partial charge in [-0.1, -0.05) is 12.1 Å². The van der Waals surface area contributed by atoms with Crippen LogP contribution in [0.3, 0.4) is 0 Å². The number of methoxy groups -OCH3 is 1. The van der Waals surface area contributed by atoms with Crippen LogP contribution in [-0.2, 0) is 15.9 Å². The molecule has 1 aromatic carbocycles. The largest absolute Gasteiger partial charge is 0.382 e. The zero-order valence-electron chi connectivity index (χ0n) is 14.1. The number of benzene rings is 1. The summed E-state index contributed by atoms with van der Waals surface area (Å²) in [6, 6.07) is 6.73. The molecule has 1 aromatic rings. The fourth-order valence-electron chi connectivity index (χ4n) is 2.04. The van der Waals surface area contributed by atoms with Crippen LogP contribution in [0.15, 0.2) is 29.3 Å². The van der Waals surface area contributed by atoms with E-state index < -0.39 is 0 Å². The van der Waals surface area contributed by atoms with E-state index in [1.165, 1.54) is 6.07 Å². The quantitative estimate of drug-likeness (QED) is 0.371. The molecule has 5 nitrogen and oxygen atoms in total. The lowest BCUT2D eigenvalue weighted by Crippen LogP contribution is -2.38. The molecule has 0 aliphatic heterocycles. The smallest absolute Gasteiger partial charge is 0.190 e. The van der Waals surface area contributed by atoms with Gasteiger partial charge in [0, 0.05) is 33.9 Å². The van der Waals surface area contributed by atoms with Gasteiger partial charge in [0.05, 0.1) is 13.2 Å². The van der Waals surface area contributed by atoms with Gasteiger partial charge in [-0.15, -0.1) is 0 Å². The molecule has 2 N–H and O–H groups in total. The first-order valence-electron chi connectivity index (χ1n) is 8.02. The first-order valence-corrected chi connectivity index (χ1v) is 8.02. The Hall–Kier alpha value is -1.66. The average molecular weight is 325 g/mol. The lowest BCUT2D eigenvalue weighted by atomic mass is 10.1. The predicted molar refractivity (Wildman–Crippen MR) is 91.4 cm³/mol. The average Bonchev–Trinajstić information content (AvgIpc) is 2.56. The van der Waals surface area contributed by atoms with Crippen molar-refractivity contribution in [3.63, 3.8) is 0 Å². The number of aryl methyl sites for hydroxylation is 1. The summed E-state index contributed by atoms with van der Waals surface area (Å²) in [5.41, 5.74) is 1.02. The van der Waals surface area contributed by atoms with Gasteiger partial charge >= 0.3 is 0 Å². The maximum Gasteiger partial charge on any atom is 0.190 e. The highest BCUT2D eigenvalue weighted by Gasteiger charge is 1.99. The summed E-state index contributed by atoms with van der Waals surface area (Å²) in [6.07, 6.45) is 2.67. The number of hydrogen-bond donors (Lipinski definition) is 2. The number of ether oxygens (including phenoxy) is 2. The van der Waals surface area contributed by atoms with Crippen molar-refractivity contribution in [3.8, 4) is 0 Å². The SMILES string of the molecule is CN=C(NCCCOCCOC)NCCCc1cccc(F)c1. The van der Waals surface area contributed by atoms with Crippen LogP contribution < -0.4 is 10.6 Å². The van der Waals surface area contributed by atoms with E-state index in [-0.39, 0.29) is 5.82 Å². The summed E-state index contributed by atoms with van der Waals surface area (Å²) in [5.74, 6) is 0.599. The van der Waals surface area contributed by atoms with Crippen LogP contribution in [0.25, 0.3) is 0 Å². The Morgan fingerprint density at radius 3 is 2.61 bits per heavy atom. The van der Waals surface area contributed by atoms with Gasteiger partial charge in [0.2, 0.25) is 0 Å². The molecule has 0 radical (unpaired) electrons. The molecule has 0 aliphatic rings. The minimum atomic E-state index is -0.180. The summed E-state index contributed by atoms with van der Waals surface area (Å²) in [6.45, 7) is 3.55. The van der Waals surface area contributed by atoms with E-state index in [9.17, 15) is 4.39 Å². The Labute approximate surface area is 138 Å². The van der Waals surface area contributed by atoms with Crippen molar-refractivity contribution in [1.82, 2.24) is 10.6 Å². The Bertz CT molecular complexity index is 455. The van der Waals surface area contributed by atoms with Gasteiger partial charge in [-0.2, -0.15) is 0 Å². The van der Waals surface area contributed by atoms with Gasteiger partial charge in [-0.05, 0) is 37.0 Å². The fourth-order valence-corrected chi connectivity index (χ4v) is 2.04. The molecule has 23 heavy (non-hydrogen) atoms. The molecular weight excluding hydrogens is 297 g/mol. The lowest BCUT2D eigenvalue weighted by molar-refractivity contribution is 0.0698. The van der Waals surface area contributed by atoms with Crippen LogP contribution in [0, 0.1) is 5.82 Å². The second-order valence-electron chi connectivity index (χ2n) is 5.12. The van der Waals surface area contributed by atoms with E-state index >= 15 is 0 Å². The molecule has 6 heteroatoms. The molecule has 0 bridgehead atoms. The standard InChI is InChI=1S/C17H28FN3O2/c1-19-17(21-10-5-11-23-13-12-22-2)20-9-4-7-15-6-3-8-16(18)14-15/h3,6,8,14H,4-5,7,9-13H2,1-2H3,(H2,19,20,21). The molecule has 0 amide bonds. The Balaban J connectivity index is 2.05. The monoisotopic (exact) mass is 325 g/mol. The molecule has 130 valence electrons. The summed E-state index contributed by atoms with van der Waals surface area (Å²) >= 11 is 0. The van der Waals surface area contributed by atoms with Gasteiger partial charge in [0.1, 0.15) is 5.82 Å². The van der Waals surface area contributed by atoms with Crippen LogP contribution in [-0.4, -0.2) is 53.0 Å². The zero-order valence-corrected chi connectivity index (χ0v) is 14.1. The third-order valence-corrected chi connectivity index (χ3v) is 3.24. The van der Waals surface area contributed by atoms with Gasteiger partial charge in [0.15, 0.2) is 5.96 Å². The second kappa shape index (κ2) is 12.8. The Morgan fingerprint density at radius 1 is 1.13 bits per heavy atom. The topological polar surface area (TPSA) is 54.9 Å². The van der Waals surface area contributed by atoms with Crippen molar-refractivity contribution in [1.29, 1.82) is 0 Å². The number of rotatable bonds is 11. The molecular formula is C17H28FN3O2. The highest BCUT2D eigenvalue weighted by Crippen LogP contribution is 2.05. The molecule has 0 atom stereocenters. The Morgan fingerprint density at radius 2 is 1.91 bits per heavy atom. The van der Waals surface area contributed by atoms with Crippen molar-refractivity contribution in [2.45, 2.75) is 19.3 Å². The van der Waals surface area contributed by atoms with Crippen LogP contribution >= 0.6 is 0 Å². The lowest BCUT2D eigenvalue weighted by Gasteiger charge is -2.12. The van der Waals surface area contributed by atoms with E-state index in [4.69, 9.17) is 9.47 Å². The molecule has 0 saturated carbocycles. The second-order valence-corrected chi connectivity index (χ2v) is 5.12. The van der Waals surface area contributed by atoms with E-state index in [1.54, 1.807) is 26.3 Å². The molecule has 0 unspecified atom stereocenters. The summed E-state index contributed by atoms with van der Waals surface area (Å²) in [4.78, 5) is 4.17. The van der Waals surface area contributed by atoms with E-state index in [1.807, 2.05) is 6.07 Å². The summed E-state index contributed by atoms with van der Waals surface area (Å²) in [7, 11) is 3.41. The van der Waals surface area contributed by atoms with Crippen molar-refractivity contribution >= 4 is 5.96 Å². The van der Waals surface area contributed by atoms with Crippen LogP contribution in [0.2, 0.25) is 0 Å². The molecule has 0 heterocycles. The maximum absolute atomic E-state index is 13.1. The number of guanidine groups is 1. The molecule has 0 aliphatic carbocycles. The zero-order chi connectivity index (χ0) is 16.8. The highest BCUT2D eigenvalue weighted by atomic mass is 19.1. The first kappa shape index (κ1) is 19.4. The van der Waals surface area contributed by atoms with Crippen LogP contribution in [0.4, 0.5) is 4.39 Å². The predicted octanol–water partition coefficient (Wildman–Crippen LogP) is 1.98. The number of halogens is 1. The van der Waals surface area contributed by atoms with Crippen molar-refractivity contribution < 1.29 is 13.9 Å². The van der Waals surface area contributed by atoms with Crippen molar-refractivity contribution in [2.24, 2.45) is 4.99 Å². The van der Waals surface area contributed by atoms with E-state index in [0.29, 0.717) is 19.8 Å². The molecule has 0 aromatic heterocycles. The van der Waals surface area contributed by atoms with Crippen molar-refractivity contribution in [2.75, 3.05) is 47.1 Å². The minimum absolute atomic E-state index is 0.180. The van der Waals surface area contributed by atoms with E-state index in [0.717, 1.165) is 43.9 Å². The normalized spacial score (nSPS) is 11.5. The number of nitrogens with zero attached hydrogens (tertiary/aromatic N) is 1. The van der Waals surface area contributed by atoms with Crippen LogP contribution in [0.1, 0.15) is 18.4 Å². The third-order valence-electron chi connectivity index (χ3n) is 3.24. The fraction of sp³-hybridized carbons (Fsp3) is 0.588. The first-order chi connectivity index (χ1) is 11.3. The summed E-state index contributed by atoms with van der Waals surface area (Å²) < 4.78 is 23.4.